The molecule has 67 heavy (non-hydrogen) atoms. The number of carbonyl (C=O) groups excluding carboxylic acids is 3. The molecule has 0 saturated carbocycles. The number of rotatable bonds is 47. The van der Waals surface area contributed by atoms with Gasteiger partial charge in [0, 0.05) is 19.3 Å². The van der Waals surface area contributed by atoms with E-state index in [0.29, 0.717) is 19.3 Å². The van der Waals surface area contributed by atoms with Crippen LogP contribution >= 0.6 is 0 Å². The first-order valence-electron chi connectivity index (χ1n) is 27.0. The standard InChI is InChI=1S/C61H98O6/c1-4-7-10-13-16-19-22-25-27-29-30-32-34-37-40-43-46-49-52-55-61(64)67-58(56-65-59(62)53-50-47-44-41-38-35-24-21-18-15-12-9-6-3)57-66-60(63)54-51-48-45-42-39-36-33-31-28-26-23-20-17-14-11-8-5-2/h8,11,16-17,19-21,24-28,30,32-33,36-37,40,42,45,58H,4-7,9-10,12-15,18,22-23,29,31,34-35,38-39,41,43-44,46-57H2,1-3H3/b11-8-,19-16-,20-17-,24-21-,27-25-,28-26-,32-30-,36-33-,40-37-,45-42-/t58-/m0/s1. The summed E-state index contributed by atoms with van der Waals surface area (Å²) < 4.78 is 16.7. The number of ether oxygens (including phenoxy) is 3. The molecule has 378 valence electrons. The van der Waals surface area contributed by atoms with Crippen molar-refractivity contribution in [2.45, 2.75) is 232 Å². The van der Waals surface area contributed by atoms with Crippen molar-refractivity contribution in [3.63, 3.8) is 0 Å². The summed E-state index contributed by atoms with van der Waals surface area (Å²) in [6.45, 7) is 6.38. The van der Waals surface area contributed by atoms with E-state index in [1.54, 1.807) is 0 Å². The molecule has 0 spiro atoms. The van der Waals surface area contributed by atoms with Crippen molar-refractivity contribution in [2.75, 3.05) is 13.2 Å². The van der Waals surface area contributed by atoms with E-state index < -0.39 is 6.10 Å². The SMILES string of the molecule is CC/C=C\C/C=C\C/C=C\C/C=C\C/C=C\CCCC(=O)OC[C@H](COC(=O)CCCCCCC/C=C\CCCCCC)OC(=O)CCCCC/C=C\C/C=C\C/C=C\C/C=C\CCCCC. The lowest BCUT2D eigenvalue weighted by Gasteiger charge is -2.18. The van der Waals surface area contributed by atoms with E-state index in [2.05, 4.69) is 142 Å². The summed E-state index contributed by atoms with van der Waals surface area (Å²) in [6.07, 6.45) is 74.7. The van der Waals surface area contributed by atoms with Crippen molar-refractivity contribution >= 4 is 17.9 Å². The Morgan fingerprint density at radius 2 is 0.597 bits per heavy atom. The van der Waals surface area contributed by atoms with Crippen LogP contribution in [0.5, 0.6) is 0 Å². The second-order valence-electron chi connectivity index (χ2n) is 17.4. The highest BCUT2D eigenvalue weighted by molar-refractivity contribution is 5.71. The average Bonchev–Trinajstić information content (AvgIpc) is 3.33. The third kappa shape index (κ3) is 52.6. The predicted molar refractivity (Wildman–Crippen MR) is 288 cm³/mol. The maximum atomic E-state index is 12.8. The highest BCUT2D eigenvalue weighted by Gasteiger charge is 2.19. The fraction of sp³-hybridized carbons (Fsp3) is 0.623. The first kappa shape index (κ1) is 62.8. The topological polar surface area (TPSA) is 78.9 Å². The van der Waals surface area contributed by atoms with Crippen LogP contribution in [0.4, 0.5) is 0 Å². The Hall–Kier alpha value is -4.19. The number of allylic oxidation sites excluding steroid dienone is 20. The van der Waals surface area contributed by atoms with Crippen molar-refractivity contribution in [3.8, 4) is 0 Å². The van der Waals surface area contributed by atoms with Crippen molar-refractivity contribution in [3.05, 3.63) is 122 Å². The third-order valence-electron chi connectivity index (χ3n) is 10.9. The Labute approximate surface area is 412 Å². The van der Waals surface area contributed by atoms with E-state index in [1.165, 1.54) is 64.2 Å². The van der Waals surface area contributed by atoms with Gasteiger partial charge >= 0.3 is 17.9 Å². The Balaban J connectivity index is 4.57. The lowest BCUT2D eigenvalue weighted by molar-refractivity contribution is -0.167. The van der Waals surface area contributed by atoms with Crippen LogP contribution in [0.25, 0.3) is 0 Å². The zero-order valence-corrected chi connectivity index (χ0v) is 43.1. The van der Waals surface area contributed by atoms with Gasteiger partial charge in [-0.25, -0.2) is 0 Å². The first-order chi connectivity index (χ1) is 33.0. The van der Waals surface area contributed by atoms with Gasteiger partial charge in [-0.15, -0.1) is 0 Å². The van der Waals surface area contributed by atoms with Crippen LogP contribution in [0.2, 0.25) is 0 Å². The molecule has 0 N–H and O–H groups in total. The summed E-state index contributed by atoms with van der Waals surface area (Å²) in [7, 11) is 0. The molecule has 0 aromatic heterocycles. The fourth-order valence-corrected chi connectivity index (χ4v) is 6.87. The highest BCUT2D eigenvalue weighted by atomic mass is 16.6. The Bertz CT molecular complexity index is 1440. The zero-order chi connectivity index (χ0) is 48.6. The van der Waals surface area contributed by atoms with E-state index in [-0.39, 0.29) is 44.0 Å². The molecule has 0 amide bonds. The minimum Gasteiger partial charge on any atom is -0.462 e. The number of esters is 3. The molecule has 0 aromatic rings. The normalized spacial score (nSPS) is 13.1. The monoisotopic (exact) mass is 927 g/mol. The molecule has 0 aliphatic rings. The third-order valence-corrected chi connectivity index (χ3v) is 10.9. The van der Waals surface area contributed by atoms with E-state index in [0.717, 1.165) is 109 Å². The Kier molecular flexibility index (Phi) is 51.0. The maximum absolute atomic E-state index is 12.8. The smallest absolute Gasteiger partial charge is 0.306 e. The lowest BCUT2D eigenvalue weighted by atomic mass is 10.1. The van der Waals surface area contributed by atoms with Gasteiger partial charge in [0.15, 0.2) is 6.10 Å². The van der Waals surface area contributed by atoms with E-state index in [4.69, 9.17) is 14.2 Å². The average molecular weight is 927 g/mol. The molecule has 0 unspecified atom stereocenters. The van der Waals surface area contributed by atoms with Gasteiger partial charge in [-0.05, 0) is 128 Å². The van der Waals surface area contributed by atoms with Gasteiger partial charge in [-0.1, -0.05) is 200 Å². The molecule has 0 aliphatic carbocycles. The largest absolute Gasteiger partial charge is 0.462 e. The van der Waals surface area contributed by atoms with Crippen LogP contribution in [0.3, 0.4) is 0 Å². The van der Waals surface area contributed by atoms with Gasteiger partial charge in [0.05, 0.1) is 0 Å². The van der Waals surface area contributed by atoms with Crippen molar-refractivity contribution in [1.29, 1.82) is 0 Å². The van der Waals surface area contributed by atoms with Gasteiger partial charge in [-0.3, -0.25) is 14.4 Å². The first-order valence-corrected chi connectivity index (χ1v) is 27.0. The molecule has 6 nitrogen and oxygen atoms in total. The molecular formula is C61H98O6. The molecule has 0 fully saturated rings. The van der Waals surface area contributed by atoms with Gasteiger partial charge in [0.2, 0.25) is 0 Å². The summed E-state index contributed by atoms with van der Waals surface area (Å²) in [6, 6.07) is 0. The molecule has 0 rings (SSSR count). The summed E-state index contributed by atoms with van der Waals surface area (Å²) in [5, 5.41) is 0. The van der Waals surface area contributed by atoms with Gasteiger partial charge in [0.1, 0.15) is 13.2 Å². The molecule has 1 atom stereocenters. The van der Waals surface area contributed by atoms with Crippen LogP contribution in [0, 0.1) is 0 Å². The zero-order valence-electron chi connectivity index (χ0n) is 43.1. The van der Waals surface area contributed by atoms with Crippen molar-refractivity contribution in [1.82, 2.24) is 0 Å². The summed E-state index contributed by atoms with van der Waals surface area (Å²) in [4.78, 5) is 38.0. The molecule has 0 aliphatic heterocycles. The fourth-order valence-electron chi connectivity index (χ4n) is 6.87. The lowest BCUT2D eigenvalue weighted by Crippen LogP contribution is -2.30. The molecule has 0 saturated heterocycles. The second kappa shape index (κ2) is 54.4. The Morgan fingerprint density at radius 3 is 1.03 bits per heavy atom. The number of hydrogen-bond donors (Lipinski definition) is 0. The van der Waals surface area contributed by atoms with Crippen molar-refractivity contribution < 1.29 is 28.6 Å². The van der Waals surface area contributed by atoms with E-state index in [1.807, 2.05) is 0 Å². The number of carbonyl (C=O) groups is 3. The summed E-state index contributed by atoms with van der Waals surface area (Å²) >= 11 is 0. The Morgan fingerprint density at radius 1 is 0.313 bits per heavy atom. The highest BCUT2D eigenvalue weighted by Crippen LogP contribution is 2.12. The predicted octanol–water partition coefficient (Wildman–Crippen LogP) is 18.1. The van der Waals surface area contributed by atoms with Crippen LogP contribution in [0.1, 0.15) is 226 Å². The molecule has 0 aromatic carbocycles. The maximum Gasteiger partial charge on any atom is 0.306 e. The van der Waals surface area contributed by atoms with Gasteiger partial charge in [-0.2, -0.15) is 0 Å². The molecule has 0 radical (unpaired) electrons. The second-order valence-corrected chi connectivity index (χ2v) is 17.4. The van der Waals surface area contributed by atoms with E-state index >= 15 is 0 Å². The molecule has 0 bridgehead atoms. The van der Waals surface area contributed by atoms with Crippen LogP contribution in [-0.2, 0) is 28.6 Å². The number of hydrogen-bond acceptors (Lipinski definition) is 6. The minimum atomic E-state index is -0.824. The van der Waals surface area contributed by atoms with Gasteiger partial charge < -0.3 is 14.2 Å². The molecule has 6 heteroatoms. The van der Waals surface area contributed by atoms with Crippen LogP contribution in [-0.4, -0.2) is 37.2 Å². The van der Waals surface area contributed by atoms with Crippen molar-refractivity contribution in [2.24, 2.45) is 0 Å². The minimum absolute atomic E-state index is 0.116. The number of unbranched alkanes of at least 4 members (excludes halogenated alkanes) is 16. The quantitative estimate of drug-likeness (QED) is 0.0262. The summed E-state index contributed by atoms with van der Waals surface area (Å²) in [5.74, 6) is -1.02. The van der Waals surface area contributed by atoms with Gasteiger partial charge in [0.25, 0.3) is 0 Å². The van der Waals surface area contributed by atoms with E-state index in [9.17, 15) is 14.4 Å². The summed E-state index contributed by atoms with van der Waals surface area (Å²) in [5.41, 5.74) is 0. The van der Waals surface area contributed by atoms with Crippen LogP contribution < -0.4 is 0 Å². The molecular weight excluding hydrogens is 829 g/mol. The van der Waals surface area contributed by atoms with Crippen LogP contribution in [0.15, 0.2) is 122 Å². The molecule has 0 heterocycles.